The summed E-state index contributed by atoms with van der Waals surface area (Å²) in [5.41, 5.74) is 9.43. The van der Waals surface area contributed by atoms with Crippen LogP contribution in [0.25, 0.3) is 0 Å². The van der Waals surface area contributed by atoms with Crippen LogP contribution in [0.3, 0.4) is 0 Å². The number of carbonyl (C=O) groups excluding carboxylic acids is 2. The number of anilines is 2. The number of urea groups is 1. The Morgan fingerprint density at radius 1 is 1.07 bits per heavy atom. The van der Waals surface area contributed by atoms with Gasteiger partial charge in [0.1, 0.15) is 0 Å². The predicted octanol–water partition coefficient (Wildman–Crippen LogP) is 3.43. The molecule has 3 amide bonds. The fourth-order valence-corrected chi connectivity index (χ4v) is 3.37. The summed E-state index contributed by atoms with van der Waals surface area (Å²) in [4.78, 5) is 24.6. The largest absolute Gasteiger partial charge is 0.381 e. The highest BCUT2D eigenvalue weighted by atomic mass is 35.5. The molecule has 30 heavy (non-hydrogen) atoms. The fraction of sp³-hybridized carbons (Fsp3) is 0.364. The molecular weight excluding hydrogens is 404 g/mol. The summed E-state index contributed by atoms with van der Waals surface area (Å²) in [6, 6.07) is 14.1. The van der Waals surface area contributed by atoms with Gasteiger partial charge in [-0.25, -0.2) is 4.79 Å². The molecule has 0 spiro atoms. The average Bonchev–Trinajstić information content (AvgIpc) is 2.72. The summed E-state index contributed by atoms with van der Waals surface area (Å²) in [6.07, 6.45) is 1.62. The fourth-order valence-electron chi connectivity index (χ4n) is 3.37. The van der Waals surface area contributed by atoms with Gasteiger partial charge in [0.15, 0.2) is 0 Å². The van der Waals surface area contributed by atoms with E-state index in [1.54, 1.807) is 6.07 Å². The van der Waals surface area contributed by atoms with Crippen molar-refractivity contribution < 1.29 is 14.3 Å². The van der Waals surface area contributed by atoms with Crippen LogP contribution in [0, 0.1) is 12.8 Å². The molecule has 5 N–H and O–H groups in total. The van der Waals surface area contributed by atoms with E-state index >= 15 is 0 Å². The van der Waals surface area contributed by atoms with Gasteiger partial charge in [-0.05, 0) is 61.1 Å². The molecule has 1 unspecified atom stereocenters. The van der Waals surface area contributed by atoms with Gasteiger partial charge in [-0.3, -0.25) is 4.79 Å². The molecule has 162 valence electrons. The van der Waals surface area contributed by atoms with Crippen molar-refractivity contribution in [3.8, 4) is 0 Å². The summed E-state index contributed by atoms with van der Waals surface area (Å²) < 4.78 is 5.32. The Morgan fingerprint density at radius 2 is 1.70 bits per heavy atom. The lowest BCUT2D eigenvalue weighted by Crippen LogP contribution is -2.46. The van der Waals surface area contributed by atoms with E-state index in [9.17, 15) is 9.59 Å². The van der Waals surface area contributed by atoms with E-state index in [4.69, 9.17) is 10.5 Å². The third kappa shape index (κ3) is 7.02. The highest BCUT2D eigenvalue weighted by Gasteiger charge is 2.26. The zero-order valence-corrected chi connectivity index (χ0v) is 17.8. The number of benzene rings is 2. The monoisotopic (exact) mass is 432 g/mol. The van der Waals surface area contributed by atoms with Crippen molar-refractivity contribution >= 4 is 35.7 Å². The minimum atomic E-state index is -0.527. The number of carbonyl (C=O) groups is 2. The van der Waals surface area contributed by atoms with E-state index in [0.29, 0.717) is 25.4 Å². The number of rotatable bonds is 6. The molecule has 1 heterocycles. The van der Waals surface area contributed by atoms with E-state index in [2.05, 4.69) is 16.0 Å². The normalized spacial score (nSPS) is 14.9. The van der Waals surface area contributed by atoms with Crippen molar-refractivity contribution in [2.75, 3.05) is 23.8 Å². The summed E-state index contributed by atoms with van der Waals surface area (Å²) in [5, 5.41) is 8.51. The third-order valence-electron chi connectivity index (χ3n) is 5.00. The van der Waals surface area contributed by atoms with Crippen molar-refractivity contribution in [3.63, 3.8) is 0 Å². The average molecular weight is 433 g/mol. The van der Waals surface area contributed by atoms with Gasteiger partial charge in [0.05, 0.1) is 6.04 Å². The smallest absolute Gasteiger partial charge is 0.323 e. The standard InChI is InChI=1S/C22H28N4O3.ClH/c1-15-4-2-6-18(12-15)25-22(28)26-19-7-3-5-16(13-19)14-24-21(27)20(23)17-8-10-29-11-9-17;/h2-7,12-13,17,20H,8-11,14,23H2,1H3,(H,24,27)(H2,25,26,28);1H. The number of nitrogens with two attached hydrogens (primary N) is 1. The molecule has 1 aliphatic heterocycles. The van der Waals surface area contributed by atoms with Crippen molar-refractivity contribution in [1.29, 1.82) is 0 Å². The third-order valence-corrected chi connectivity index (χ3v) is 5.00. The topological polar surface area (TPSA) is 105 Å². The molecule has 1 aliphatic rings. The molecule has 0 aliphatic carbocycles. The molecule has 0 saturated carbocycles. The lowest BCUT2D eigenvalue weighted by Gasteiger charge is -2.26. The number of halogens is 1. The molecule has 0 radical (unpaired) electrons. The van der Waals surface area contributed by atoms with Crippen molar-refractivity contribution in [3.05, 3.63) is 59.7 Å². The Kier molecular flexibility index (Phi) is 9.11. The number of aryl methyl sites for hydroxylation is 1. The summed E-state index contributed by atoms with van der Waals surface area (Å²) in [7, 11) is 0. The van der Waals surface area contributed by atoms with Gasteiger partial charge in [-0.2, -0.15) is 0 Å². The number of hydrogen-bond donors (Lipinski definition) is 4. The molecule has 7 nitrogen and oxygen atoms in total. The highest BCUT2D eigenvalue weighted by molar-refractivity contribution is 5.99. The van der Waals surface area contributed by atoms with Gasteiger partial charge >= 0.3 is 6.03 Å². The predicted molar refractivity (Wildman–Crippen MR) is 121 cm³/mol. The van der Waals surface area contributed by atoms with Crippen LogP contribution in [-0.4, -0.2) is 31.2 Å². The molecule has 1 fully saturated rings. The van der Waals surface area contributed by atoms with E-state index in [0.717, 1.165) is 29.7 Å². The zero-order valence-electron chi connectivity index (χ0n) is 17.0. The van der Waals surface area contributed by atoms with E-state index in [1.807, 2.05) is 49.4 Å². The lowest BCUT2D eigenvalue weighted by molar-refractivity contribution is -0.124. The van der Waals surface area contributed by atoms with Gasteiger partial charge in [-0.15, -0.1) is 12.4 Å². The Hall–Kier alpha value is -2.61. The molecular formula is C22H29ClN4O3. The van der Waals surface area contributed by atoms with Gasteiger partial charge in [-0.1, -0.05) is 24.3 Å². The summed E-state index contributed by atoms with van der Waals surface area (Å²) >= 11 is 0. The second kappa shape index (κ2) is 11.5. The first-order valence-electron chi connectivity index (χ1n) is 9.86. The van der Waals surface area contributed by atoms with Crippen LogP contribution in [0.5, 0.6) is 0 Å². The first kappa shape index (κ1) is 23.7. The van der Waals surface area contributed by atoms with Crippen molar-refractivity contribution in [2.45, 2.75) is 32.4 Å². The number of hydrogen-bond acceptors (Lipinski definition) is 4. The van der Waals surface area contributed by atoms with Crippen LogP contribution in [0.1, 0.15) is 24.0 Å². The van der Waals surface area contributed by atoms with Crippen LogP contribution in [-0.2, 0) is 16.1 Å². The van der Waals surface area contributed by atoms with Gasteiger partial charge in [0.25, 0.3) is 0 Å². The van der Waals surface area contributed by atoms with E-state index in [1.165, 1.54) is 0 Å². The summed E-state index contributed by atoms with van der Waals surface area (Å²) in [5.74, 6) is -0.00507. The van der Waals surface area contributed by atoms with Gasteiger partial charge in [0.2, 0.25) is 5.91 Å². The molecule has 1 atom stereocenters. The Morgan fingerprint density at radius 3 is 2.37 bits per heavy atom. The molecule has 1 saturated heterocycles. The van der Waals surface area contributed by atoms with Crippen molar-refractivity contribution in [2.24, 2.45) is 11.7 Å². The van der Waals surface area contributed by atoms with Crippen LogP contribution in [0.15, 0.2) is 48.5 Å². The van der Waals surface area contributed by atoms with Crippen LogP contribution >= 0.6 is 12.4 Å². The molecule has 2 aromatic rings. The number of nitrogens with one attached hydrogen (secondary N) is 3. The van der Waals surface area contributed by atoms with Crippen LogP contribution < -0.4 is 21.7 Å². The second-order valence-corrected chi connectivity index (χ2v) is 7.34. The maximum Gasteiger partial charge on any atom is 0.323 e. The van der Waals surface area contributed by atoms with Gasteiger partial charge < -0.3 is 26.4 Å². The molecule has 0 aromatic heterocycles. The van der Waals surface area contributed by atoms with Gasteiger partial charge in [0, 0.05) is 31.1 Å². The number of amides is 3. The maximum absolute atomic E-state index is 12.4. The molecule has 2 aromatic carbocycles. The maximum atomic E-state index is 12.4. The quantitative estimate of drug-likeness (QED) is 0.561. The van der Waals surface area contributed by atoms with Crippen LogP contribution in [0.4, 0.5) is 16.2 Å². The van der Waals surface area contributed by atoms with E-state index in [-0.39, 0.29) is 30.3 Å². The lowest BCUT2D eigenvalue weighted by atomic mass is 9.92. The molecule has 8 heteroatoms. The molecule has 3 rings (SSSR count). The van der Waals surface area contributed by atoms with Crippen LogP contribution in [0.2, 0.25) is 0 Å². The first-order valence-corrected chi connectivity index (χ1v) is 9.86. The van der Waals surface area contributed by atoms with Crippen molar-refractivity contribution in [1.82, 2.24) is 5.32 Å². The van der Waals surface area contributed by atoms with E-state index < -0.39 is 6.04 Å². The first-order chi connectivity index (χ1) is 14.0. The number of ether oxygens (including phenoxy) is 1. The summed E-state index contributed by atoms with van der Waals surface area (Å²) in [6.45, 7) is 3.63. The Labute approximate surface area is 183 Å². The minimum Gasteiger partial charge on any atom is -0.381 e. The zero-order chi connectivity index (χ0) is 20.6. The Balaban J connectivity index is 0.00000320. The SMILES string of the molecule is Cc1cccc(NC(=O)Nc2cccc(CNC(=O)C(N)C3CCOCC3)c2)c1.Cl. The minimum absolute atomic E-state index is 0. The second-order valence-electron chi connectivity index (χ2n) is 7.34. The Bertz CT molecular complexity index is 856. The molecule has 0 bridgehead atoms. The highest BCUT2D eigenvalue weighted by Crippen LogP contribution is 2.18.